The van der Waals surface area contributed by atoms with Gasteiger partial charge in [-0.25, -0.2) is 4.98 Å². The Morgan fingerprint density at radius 2 is 1.91 bits per heavy atom. The molecule has 9 heteroatoms. The molecule has 3 heterocycles. The highest BCUT2D eigenvalue weighted by Crippen LogP contribution is 2.33. The van der Waals surface area contributed by atoms with Crippen molar-refractivity contribution in [3.05, 3.63) is 81.1 Å². The molecule has 7 nitrogen and oxygen atoms in total. The minimum absolute atomic E-state index is 0.230. The van der Waals surface area contributed by atoms with Gasteiger partial charge in [0.15, 0.2) is 0 Å². The summed E-state index contributed by atoms with van der Waals surface area (Å²) in [5.74, 6) is 0.276. The highest BCUT2D eigenvalue weighted by atomic mass is 32.2. The van der Waals surface area contributed by atoms with Crippen LogP contribution in [0, 0.1) is 0 Å². The van der Waals surface area contributed by atoms with Gasteiger partial charge in [-0.3, -0.25) is 18.9 Å². The van der Waals surface area contributed by atoms with E-state index in [0.717, 1.165) is 5.56 Å². The van der Waals surface area contributed by atoms with Crippen LogP contribution in [-0.4, -0.2) is 51.8 Å². The van der Waals surface area contributed by atoms with Crippen molar-refractivity contribution in [2.45, 2.75) is 6.54 Å². The fourth-order valence-electron chi connectivity index (χ4n) is 3.45. The number of benzene rings is 1. The van der Waals surface area contributed by atoms with Crippen LogP contribution in [0.25, 0.3) is 11.7 Å². The van der Waals surface area contributed by atoms with Gasteiger partial charge >= 0.3 is 0 Å². The number of aromatic nitrogens is 2. The third-order valence-electron chi connectivity index (χ3n) is 5.04. The molecule has 0 aliphatic carbocycles. The smallest absolute Gasteiger partial charge is 0.267 e. The van der Waals surface area contributed by atoms with E-state index in [-0.39, 0.29) is 11.5 Å². The molecule has 0 radical (unpaired) electrons. The van der Waals surface area contributed by atoms with Crippen LogP contribution in [0.15, 0.2) is 64.4 Å². The molecule has 3 aromatic rings. The van der Waals surface area contributed by atoms with Gasteiger partial charge in [-0.15, -0.1) is 0 Å². The van der Waals surface area contributed by atoms with Crippen LogP contribution in [0.1, 0.15) is 11.1 Å². The van der Waals surface area contributed by atoms with Crippen LogP contribution in [-0.2, 0) is 16.1 Å². The van der Waals surface area contributed by atoms with Crippen LogP contribution in [0.5, 0.6) is 0 Å². The molecule has 32 heavy (non-hydrogen) atoms. The third kappa shape index (κ3) is 4.45. The average Bonchev–Trinajstić information content (AvgIpc) is 3.07. The molecule has 1 fully saturated rings. The summed E-state index contributed by atoms with van der Waals surface area (Å²) < 4.78 is 7.01. The zero-order valence-electron chi connectivity index (χ0n) is 17.7. The molecule has 164 valence electrons. The Morgan fingerprint density at radius 1 is 1.16 bits per heavy atom. The lowest BCUT2D eigenvalue weighted by Gasteiger charge is -2.21. The molecule has 0 N–H and O–H groups in total. The van der Waals surface area contributed by atoms with E-state index in [0.29, 0.717) is 46.0 Å². The first-order valence-corrected chi connectivity index (χ1v) is 11.2. The number of thioether (sulfide) groups is 1. The Balaban J connectivity index is 1.79. The van der Waals surface area contributed by atoms with Crippen LogP contribution >= 0.6 is 24.0 Å². The number of hydrogen-bond acceptors (Lipinski definition) is 7. The van der Waals surface area contributed by atoms with Gasteiger partial charge in [-0.05, 0) is 23.8 Å². The number of amides is 1. The van der Waals surface area contributed by atoms with Crippen molar-refractivity contribution in [1.82, 2.24) is 14.3 Å². The van der Waals surface area contributed by atoms with Crippen molar-refractivity contribution in [2.75, 3.05) is 32.2 Å². The zero-order chi connectivity index (χ0) is 22.7. The van der Waals surface area contributed by atoms with Gasteiger partial charge in [0.1, 0.15) is 15.8 Å². The van der Waals surface area contributed by atoms with E-state index < -0.39 is 0 Å². The molecule has 0 unspecified atom stereocenters. The Labute approximate surface area is 195 Å². The second kappa shape index (κ2) is 9.64. The number of carbonyl (C=O) groups is 1. The monoisotopic (exact) mass is 466 g/mol. The van der Waals surface area contributed by atoms with Crippen molar-refractivity contribution in [3.8, 4) is 0 Å². The van der Waals surface area contributed by atoms with Crippen molar-refractivity contribution < 1.29 is 9.53 Å². The van der Waals surface area contributed by atoms with Crippen molar-refractivity contribution in [1.29, 1.82) is 0 Å². The molecule has 2 aromatic heterocycles. The molecule has 0 bridgehead atoms. The number of ether oxygens (including phenoxy) is 1. The molecule has 1 aliphatic rings. The molecular formula is C23H22N4O3S2. The quantitative estimate of drug-likeness (QED) is 0.391. The van der Waals surface area contributed by atoms with E-state index in [1.807, 2.05) is 48.3 Å². The lowest BCUT2D eigenvalue weighted by atomic mass is 10.2. The number of pyridine rings is 1. The first-order valence-electron chi connectivity index (χ1n) is 10.0. The summed E-state index contributed by atoms with van der Waals surface area (Å²) in [6.45, 7) is 1.31. The fourth-order valence-corrected chi connectivity index (χ4v) is 4.74. The number of rotatable bonds is 7. The summed E-state index contributed by atoms with van der Waals surface area (Å²) in [7, 11) is 3.46. The maximum atomic E-state index is 13.4. The number of fused-ring (bicyclic) bond motifs is 1. The summed E-state index contributed by atoms with van der Waals surface area (Å²) in [5, 5.41) is 0. The van der Waals surface area contributed by atoms with Crippen LogP contribution in [0.4, 0.5) is 5.82 Å². The second-order valence-corrected chi connectivity index (χ2v) is 8.93. The van der Waals surface area contributed by atoms with Gasteiger partial charge in [-0.1, -0.05) is 60.4 Å². The van der Waals surface area contributed by atoms with E-state index >= 15 is 0 Å². The molecule has 1 saturated heterocycles. The van der Waals surface area contributed by atoms with Crippen LogP contribution in [0.3, 0.4) is 0 Å². The van der Waals surface area contributed by atoms with Gasteiger partial charge in [-0.2, -0.15) is 0 Å². The number of carbonyl (C=O) groups excluding carboxylic acids is 1. The predicted molar refractivity (Wildman–Crippen MR) is 132 cm³/mol. The molecular weight excluding hydrogens is 444 g/mol. The fraction of sp³-hybridized carbons (Fsp3) is 0.217. The molecule has 4 rings (SSSR count). The summed E-state index contributed by atoms with van der Waals surface area (Å²) in [6.07, 6.45) is 3.28. The van der Waals surface area contributed by atoms with E-state index in [1.54, 1.807) is 31.5 Å². The van der Waals surface area contributed by atoms with E-state index in [4.69, 9.17) is 21.9 Å². The SMILES string of the molecule is COCCN1C(=O)/C(=C/c2c(N(C)Cc3ccccc3)nc3ccccn3c2=O)SC1=S. The summed E-state index contributed by atoms with van der Waals surface area (Å²) in [6, 6.07) is 15.3. The zero-order valence-corrected chi connectivity index (χ0v) is 19.4. The second-order valence-electron chi connectivity index (χ2n) is 7.25. The predicted octanol–water partition coefficient (Wildman–Crippen LogP) is 3.18. The largest absolute Gasteiger partial charge is 0.383 e. The summed E-state index contributed by atoms with van der Waals surface area (Å²) in [4.78, 5) is 34.9. The molecule has 0 spiro atoms. The highest BCUT2D eigenvalue weighted by Gasteiger charge is 2.32. The molecule has 1 aromatic carbocycles. The molecule has 0 saturated carbocycles. The molecule has 1 aliphatic heterocycles. The first kappa shape index (κ1) is 22.2. The van der Waals surface area contributed by atoms with Crippen molar-refractivity contribution >= 4 is 51.7 Å². The van der Waals surface area contributed by atoms with Crippen LogP contribution < -0.4 is 10.5 Å². The highest BCUT2D eigenvalue weighted by molar-refractivity contribution is 8.26. The summed E-state index contributed by atoms with van der Waals surface area (Å²) in [5.41, 5.74) is 1.73. The van der Waals surface area contributed by atoms with Gasteiger partial charge < -0.3 is 9.64 Å². The topological polar surface area (TPSA) is 67.2 Å². The summed E-state index contributed by atoms with van der Waals surface area (Å²) >= 11 is 6.55. The third-order valence-corrected chi connectivity index (χ3v) is 6.42. The number of nitrogens with zero attached hydrogens (tertiary/aromatic N) is 4. The number of hydrogen-bond donors (Lipinski definition) is 0. The number of thiocarbonyl (C=S) groups is 1. The standard InChI is InChI=1S/C23H22N4O3S2/c1-25(15-16-8-4-3-5-9-16)20-17(21(28)26-11-7-6-10-19(26)24-20)14-18-22(29)27(12-13-30-2)23(31)32-18/h3-11,14H,12-13,15H2,1-2H3/b18-14-. The van der Waals surface area contributed by atoms with Gasteiger partial charge in [0.2, 0.25) is 0 Å². The number of anilines is 1. The average molecular weight is 467 g/mol. The Hall–Kier alpha value is -3.01. The normalized spacial score (nSPS) is 15.2. The van der Waals surface area contributed by atoms with Crippen LogP contribution in [0.2, 0.25) is 0 Å². The van der Waals surface area contributed by atoms with Crippen molar-refractivity contribution in [3.63, 3.8) is 0 Å². The maximum Gasteiger partial charge on any atom is 0.267 e. The Kier molecular flexibility index (Phi) is 6.69. The maximum absolute atomic E-state index is 13.4. The minimum Gasteiger partial charge on any atom is -0.383 e. The Morgan fingerprint density at radius 3 is 2.66 bits per heavy atom. The van der Waals surface area contributed by atoms with E-state index in [1.165, 1.54) is 21.1 Å². The van der Waals surface area contributed by atoms with Gasteiger partial charge in [0.25, 0.3) is 11.5 Å². The number of methoxy groups -OCH3 is 1. The minimum atomic E-state index is -0.243. The molecule has 0 atom stereocenters. The molecule has 1 amide bonds. The van der Waals surface area contributed by atoms with Crippen molar-refractivity contribution in [2.24, 2.45) is 0 Å². The van der Waals surface area contributed by atoms with Gasteiger partial charge in [0.05, 0.1) is 23.6 Å². The van der Waals surface area contributed by atoms with E-state index in [9.17, 15) is 9.59 Å². The Bertz CT molecular complexity index is 1260. The van der Waals surface area contributed by atoms with E-state index in [2.05, 4.69) is 0 Å². The lowest BCUT2D eigenvalue weighted by molar-refractivity contribution is -0.122. The van der Waals surface area contributed by atoms with Gasteiger partial charge in [0, 0.05) is 26.9 Å². The first-order chi connectivity index (χ1) is 15.5. The lowest BCUT2D eigenvalue weighted by Crippen LogP contribution is -2.31.